The van der Waals surface area contributed by atoms with Crippen molar-refractivity contribution in [1.29, 1.82) is 0 Å². The van der Waals surface area contributed by atoms with E-state index >= 15 is 0 Å². The SMILES string of the molecule is O=C(O)c1cc(C=Cc2cc(-c3ccc(F)cc3)ccc2C(=O)O)ccc1Br. The molecule has 0 atom stereocenters. The second-order valence-corrected chi connectivity index (χ2v) is 6.85. The average Bonchev–Trinajstić information content (AvgIpc) is 2.67. The molecule has 0 fully saturated rings. The summed E-state index contributed by atoms with van der Waals surface area (Å²) in [5.41, 5.74) is 2.79. The van der Waals surface area contributed by atoms with Gasteiger partial charge in [0.25, 0.3) is 0 Å². The van der Waals surface area contributed by atoms with Crippen LogP contribution in [0.4, 0.5) is 4.39 Å². The topological polar surface area (TPSA) is 74.6 Å². The molecule has 0 spiro atoms. The van der Waals surface area contributed by atoms with Crippen molar-refractivity contribution in [1.82, 2.24) is 0 Å². The second kappa shape index (κ2) is 8.19. The number of carboxylic acid groups (broad SMARTS) is 2. The molecule has 3 aromatic rings. The van der Waals surface area contributed by atoms with Crippen LogP contribution < -0.4 is 0 Å². The van der Waals surface area contributed by atoms with Crippen molar-refractivity contribution in [2.24, 2.45) is 0 Å². The molecule has 0 unspecified atom stereocenters. The standard InChI is InChI=1S/C22H14BrFO4/c23-20-10-2-13(11-19(20)22(27)28)1-3-16-12-15(6-9-18(16)21(25)26)14-4-7-17(24)8-5-14/h1-12H,(H,25,26)(H,27,28). The van der Waals surface area contributed by atoms with Gasteiger partial charge in [-0.05, 0) is 74.6 Å². The first-order valence-electron chi connectivity index (χ1n) is 8.19. The van der Waals surface area contributed by atoms with Crippen LogP contribution in [0.1, 0.15) is 31.8 Å². The van der Waals surface area contributed by atoms with Crippen LogP contribution in [-0.4, -0.2) is 22.2 Å². The molecule has 28 heavy (non-hydrogen) atoms. The highest BCUT2D eigenvalue weighted by Gasteiger charge is 2.11. The number of halogens is 2. The van der Waals surface area contributed by atoms with Gasteiger partial charge in [0.2, 0.25) is 0 Å². The Bertz CT molecular complexity index is 1090. The largest absolute Gasteiger partial charge is 0.478 e. The van der Waals surface area contributed by atoms with E-state index < -0.39 is 11.9 Å². The number of hydrogen-bond donors (Lipinski definition) is 2. The van der Waals surface area contributed by atoms with Gasteiger partial charge in [-0.2, -0.15) is 0 Å². The molecular formula is C22H14BrFO4. The molecule has 0 saturated heterocycles. The van der Waals surface area contributed by atoms with E-state index in [1.807, 2.05) is 0 Å². The van der Waals surface area contributed by atoms with Gasteiger partial charge < -0.3 is 10.2 Å². The number of rotatable bonds is 5. The molecule has 0 bridgehead atoms. The van der Waals surface area contributed by atoms with Crippen LogP contribution in [-0.2, 0) is 0 Å². The fourth-order valence-electron chi connectivity index (χ4n) is 2.71. The van der Waals surface area contributed by atoms with Crippen molar-refractivity contribution in [3.05, 3.63) is 93.2 Å². The molecule has 0 heterocycles. The smallest absolute Gasteiger partial charge is 0.336 e. The zero-order valence-electron chi connectivity index (χ0n) is 14.4. The van der Waals surface area contributed by atoms with Crippen LogP contribution in [0, 0.1) is 5.82 Å². The molecule has 0 aromatic heterocycles. The van der Waals surface area contributed by atoms with E-state index in [9.17, 15) is 24.2 Å². The van der Waals surface area contributed by atoms with Gasteiger partial charge in [0.1, 0.15) is 5.82 Å². The van der Waals surface area contributed by atoms with E-state index in [1.54, 1.807) is 48.6 Å². The summed E-state index contributed by atoms with van der Waals surface area (Å²) < 4.78 is 13.6. The lowest BCUT2D eigenvalue weighted by atomic mass is 9.98. The Hall–Kier alpha value is -3.25. The third-order valence-corrected chi connectivity index (χ3v) is 4.83. The maximum absolute atomic E-state index is 13.1. The second-order valence-electron chi connectivity index (χ2n) is 5.99. The van der Waals surface area contributed by atoms with E-state index in [0.717, 1.165) is 11.1 Å². The van der Waals surface area contributed by atoms with Crippen LogP contribution in [0.5, 0.6) is 0 Å². The Labute approximate surface area is 168 Å². The van der Waals surface area contributed by atoms with Crippen LogP contribution >= 0.6 is 15.9 Å². The predicted octanol–water partition coefficient (Wildman–Crippen LogP) is 5.82. The Morgan fingerprint density at radius 1 is 0.786 bits per heavy atom. The number of carbonyl (C=O) groups is 2. The molecule has 140 valence electrons. The molecule has 0 aliphatic heterocycles. The zero-order valence-corrected chi connectivity index (χ0v) is 16.0. The van der Waals surface area contributed by atoms with Crippen molar-refractivity contribution in [2.75, 3.05) is 0 Å². The first kappa shape index (κ1) is 19.5. The van der Waals surface area contributed by atoms with Gasteiger partial charge in [-0.25, -0.2) is 14.0 Å². The van der Waals surface area contributed by atoms with Gasteiger partial charge in [-0.15, -0.1) is 0 Å². The third kappa shape index (κ3) is 4.35. The van der Waals surface area contributed by atoms with E-state index in [1.165, 1.54) is 24.3 Å². The molecule has 2 N–H and O–H groups in total. The first-order valence-corrected chi connectivity index (χ1v) is 8.98. The summed E-state index contributed by atoms with van der Waals surface area (Å²) in [6.45, 7) is 0. The normalized spacial score (nSPS) is 10.9. The Morgan fingerprint density at radius 2 is 1.43 bits per heavy atom. The van der Waals surface area contributed by atoms with Crippen LogP contribution in [0.2, 0.25) is 0 Å². The number of carboxylic acids is 2. The molecule has 4 nitrogen and oxygen atoms in total. The molecule has 0 aliphatic rings. The van der Waals surface area contributed by atoms with Crippen molar-refractivity contribution in [2.45, 2.75) is 0 Å². The highest BCUT2D eigenvalue weighted by molar-refractivity contribution is 9.10. The number of hydrogen-bond acceptors (Lipinski definition) is 2. The van der Waals surface area contributed by atoms with Gasteiger partial charge >= 0.3 is 11.9 Å². The van der Waals surface area contributed by atoms with E-state index in [4.69, 9.17) is 0 Å². The van der Waals surface area contributed by atoms with Crippen LogP contribution in [0.15, 0.2) is 65.1 Å². The number of aromatic carboxylic acids is 2. The molecule has 0 radical (unpaired) electrons. The zero-order chi connectivity index (χ0) is 20.3. The van der Waals surface area contributed by atoms with Gasteiger partial charge in [0, 0.05) is 4.47 Å². The highest BCUT2D eigenvalue weighted by atomic mass is 79.9. The summed E-state index contributed by atoms with van der Waals surface area (Å²) >= 11 is 3.19. The summed E-state index contributed by atoms with van der Waals surface area (Å²) in [5, 5.41) is 18.7. The molecule has 3 aromatic carbocycles. The maximum atomic E-state index is 13.1. The van der Waals surface area contributed by atoms with E-state index in [0.29, 0.717) is 15.6 Å². The van der Waals surface area contributed by atoms with E-state index in [-0.39, 0.29) is 16.9 Å². The minimum atomic E-state index is -1.08. The minimum absolute atomic E-state index is 0.109. The number of benzene rings is 3. The van der Waals surface area contributed by atoms with Crippen molar-refractivity contribution in [3.63, 3.8) is 0 Å². The molecule has 3 rings (SSSR count). The lowest BCUT2D eigenvalue weighted by molar-refractivity contribution is 0.0685. The summed E-state index contributed by atoms with van der Waals surface area (Å²) in [7, 11) is 0. The quantitative estimate of drug-likeness (QED) is 0.490. The van der Waals surface area contributed by atoms with Gasteiger partial charge in [-0.1, -0.05) is 36.4 Å². The Balaban J connectivity index is 2.02. The van der Waals surface area contributed by atoms with Gasteiger partial charge in [0.15, 0.2) is 0 Å². The molecule has 0 aliphatic carbocycles. The van der Waals surface area contributed by atoms with Crippen LogP contribution in [0.25, 0.3) is 23.3 Å². The maximum Gasteiger partial charge on any atom is 0.336 e. The molecular weight excluding hydrogens is 427 g/mol. The lowest BCUT2D eigenvalue weighted by Crippen LogP contribution is -2.00. The van der Waals surface area contributed by atoms with Crippen molar-refractivity contribution in [3.8, 4) is 11.1 Å². The van der Waals surface area contributed by atoms with Crippen LogP contribution in [0.3, 0.4) is 0 Å². The van der Waals surface area contributed by atoms with Gasteiger partial charge in [0.05, 0.1) is 11.1 Å². The summed E-state index contributed by atoms with van der Waals surface area (Å²) in [4.78, 5) is 22.8. The monoisotopic (exact) mass is 440 g/mol. The van der Waals surface area contributed by atoms with Gasteiger partial charge in [-0.3, -0.25) is 0 Å². The summed E-state index contributed by atoms with van der Waals surface area (Å²) in [6, 6.07) is 15.6. The Kier molecular flexibility index (Phi) is 5.70. The third-order valence-electron chi connectivity index (χ3n) is 4.14. The first-order chi connectivity index (χ1) is 13.3. The molecule has 0 saturated carbocycles. The fraction of sp³-hybridized carbons (Fsp3) is 0. The molecule has 0 amide bonds. The predicted molar refractivity (Wildman–Crippen MR) is 109 cm³/mol. The van der Waals surface area contributed by atoms with Crippen molar-refractivity contribution < 1.29 is 24.2 Å². The fourth-order valence-corrected chi connectivity index (χ4v) is 3.13. The van der Waals surface area contributed by atoms with E-state index in [2.05, 4.69) is 15.9 Å². The summed E-state index contributed by atoms with van der Waals surface area (Å²) in [6.07, 6.45) is 3.26. The lowest BCUT2D eigenvalue weighted by Gasteiger charge is -2.07. The molecule has 6 heteroatoms. The average molecular weight is 441 g/mol. The highest BCUT2D eigenvalue weighted by Crippen LogP contribution is 2.25. The van der Waals surface area contributed by atoms with Crippen molar-refractivity contribution >= 4 is 40.0 Å². The summed E-state index contributed by atoms with van der Waals surface area (Å²) in [5.74, 6) is -2.49. The minimum Gasteiger partial charge on any atom is -0.478 e. The Morgan fingerprint density at radius 3 is 2.07 bits per heavy atom.